The second-order valence-corrected chi connectivity index (χ2v) is 13.8. The lowest BCUT2D eigenvalue weighted by Gasteiger charge is -2.25. The second kappa shape index (κ2) is 12.2. The van der Waals surface area contributed by atoms with Crippen LogP contribution in [0.15, 0.2) is 47.8 Å². The Labute approximate surface area is 251 Å². The highest BCUT2D eigenvalue weighted by atomic mass is 32.2. The van der Waals surface area contributed by atoms with Gasteiger partial charge >= 0.3 is 6.03 Å². The van der Waals surface area contributed by atoms with Crippen LogP contribution in [0.4, 0.5) is 4.79 Å². The van der Waals surface area contributed by atoms with Gasteiger partial charge in [-0.2, -0.15) is 0 Å². The molecule has 0 bridgehead atoms. The number of urea groups is 1. The zero-order chi connectivity index (χ0) is 30.1. The third-order valence-electron chi connectivity index (χ3n) is 8.33. The van der Waals surface area contributed by atoms with E-state index in [0.717, 1.165) is 36.9 Å². The van der Waals surface area contributed by atoms with Crippen LogP contribution >= 0.6 is 0 Å². The van der Waals surface area contributed by atoms with Crippen LogP contribution in [0.2, 0.25) is 0 Å². The Morgan fingerprint density at radius 3 is 2.49 bits per heavy atom. The number of pyridine rings is 2. The minimum atomic E-state index is -3.90. The summed E-state index contributed by atoms with van der Waals surface area (Å²) in [5.41, 5.74) is 2.67. The number of benzene rings is 1. The van der Waals surface area contributed by atoms with Crippen LogP contribution < -0.4 is 20.7 Å². The van der Waals surface area contributed by atoms with E-state index in [1.165, 1.54) is 6.20 Å². The molecule has 3 aromatic rings. The second-order valence-electron chi connectivity index (χ2n) is 12.1. The van der Waals surface area contributed by atoms with Crippen molar-refractivity contribution in [2.45, 2.75) is 74.9 Å². The average molecular weight is 607 g/mol. The van der Waals surface area contributed by atoms with Crippen molar-refractivity contribution in [3.8, 4) is 0 Å². The number of carbonyl (C=O) groups excluding carboxylic acids is 2. The number of amides is 3. The summed E-state index contributed by atoms with van der Waals surface area (Å²) in [6, 6.07) is 5.58. The molecule has 43 heavy (non-hydrogen) atoms. The molecule has 2 aromatic heterocycles. The fourth-order valence-corrected chi connectivity index (χ4v) is 7.36. The number of ether oxygens (including phenoxy) is 1. The van der Waals surface area contributed by atoms with Crippen molar-refractivity contribution in [1.82, 2.24) is 30.6 Å². The molecule has 3 aliphatic rings. The maximum atomic E-state index is 13.8. The zero-order valence-corrected chi connectivity index (χ0v) is 25.2. The highest BCUT2D eigenvalue weighted by molar-refractivity contribution is 7.89. The van der Waals surface area contributed by atoms with Gasteiger partial charge in [-0.1, -0.05) is 13.8 Å². The zero-order valence-electron chi connectivity index (χ0n) is 24.4. The summed E-state index contributed by atoms with van der Waals surface area (Å²) in [6.07, 6.45) is 8.68. The highest BCUT2D eigenvalue weighted by Gasteiger charge is 2.38. The fraction of sp³-hybridized carbons (Fsp3) is 0.484. The maximum Gasteiger partial charge on any atom is 0.315 e. The van der Waals surface area contributed by atoms with Crippen LogP contribution in [0.3, 0.4) is 0 Å². The molecule has 0 radical (unpaired) electrons. The van der Waals surface area contributed by atoms with Gasteiger partial charge < -0.3 is 20.7 Å². The van der Waals surface area contributed by atoms with Gasteiger partial charge in [-0.15, -0.1) is 0 Å². The average Bonchev–Trinajstić information content (AvgIpc) is 3.80. The fourth-order valence-electron chi connectivity index (χ4n) is 5.91. The number of aromatic nitrogens is 2. The molecule has 12 heteroatoms. The molecule has 6 rings (SSSR count). The highest BCUT2D eigenvalue weighted by Crippen LogP contribution is 2.46. The van der Waals surface area contributed by atoms with Gasteiger partial charge in [0.15, 0.2) is 0 Å². The van der Waals surface area contributed by atoms with Crippen molar-refractivity contribution >= 4 is 32.7 Å². The van der Waals surface area contributed by atoms with Crippen LogP contribution in [0.1, 0.15) is 91.1 Å². The first kappa shape index (κ1) is 29.5. The molecular weight excluding hydrogens is 568 g/mol. The van der Waals surface area contributed by atoms with Crippen molar-refractivity contribution in [2.24, 2.45) is 5.92 Å². The molecule has 2 atom stereocenters. The van der Waals surface area contributed by atoms with Gasteiger partial charge in [-0.05, 0) is 73.4 Å². The normalized spacial score (nSPS) is 20.6. The number of nitrogens with one attached hydrogen (secondary N) is 4. The summed E-state index contributed by atoms with van der Waals surface area (Å²) >= 11 is 0. The lowest BCUT2D eigenvalue weighted by molar-refractivity contribution is 0.0799. The van der Waals surface area contributed by atoms with E-state index in [4.69, 9.17) is 9.72 Å². The smallest absolute Gasteiger partial charge is 0.315 e. The summed E-state index contributed by atoms with van der Waals surface area (Å²) in [7, 11) is -3.90. The molecule has 11 nitrogen and oxygen atoms in total. The van der Waals surface area contributed by atoms with Gasteiger partial charge in [0, 0.05) is 66.8 Å². The molecule has 3 heterocycles. The number of carbonyl (C=O) groups is 2. The summed E-state index contributed by atoms with van der Waals surface area (Å²) in [5.74, 6) is 0.108. The minimum absolute atomic E-state index is 0.00904. The quantitative estimate of drug-likeness (QED) is 0.289. The number of fused-ring (bicyclic) bond motifs is 3. The van der Waals surface area contributed by atoms with Gasteiger partial charge in [0.05, 0.1) is 22.5 Å². The van der Waals surface area contributed by atoms with Crippen molar-refractivity contribution in [1.29, 1.82) is 0 Å². The lowest BCUT2D eigenvalue weighted by Crippen LogP contribution is -2.45. The SMILES string of the molecule is CC(C)CNS(=O)(=O)c1cc2c(c3cnc(C4CC4)cc13)C(NC(=O)NC1CCOCC1)CC2NC(=O)c1cccnc1. The predicted molar refractivity (Wildman–Crippen MR) is 161 cm³/mol. The number of nitrogens with zero attached hydrogens (tertiary/aromatic N) is 2. The number of sulfonamides is 1. The van der Waals surface area contributed by atoms with Gasteiger partial charge in [-0.3, -0.25) is 14.8 Å². The maximum absolute atomic E-state index is 13.8. The third-order valence-corrected chi connectivity index (χ3v) is 9.79. The molecule has 0 spiro atoms. The molecule has 3 amide bonds. The standard InChI is InChI=1S/C31H38N6O5S/c1-18(2)15-34-43(40,41)28-13-23-26(36-30(38)20-4-3-9-32-16-20)14-27(37-31(39)35-21-7-10-42-11-8-21)29(23)24-17-33-25(12-22(24)28)19-5-6-19/h3-4,9,12-13,16-19,21,26-27,34H,5-8,10-11,14-15H2,1-2H3,(H,36,38)(H2,35,37,39). The van der Waals surface area contributed by atoms with Gasteiger partial charge in [0.2, 0.25) is 10.0 Å². The van der Waals surface area contributed by atoms with Gasteiger partial charge in [0.25, 0.3) is 5.91 Å². The number of hydrogen-bond acceptors (Lipinski definition) is 7. The first-order valence-electron chi connectivity index (χ1n) is 15.0. The van der Waals surface area contributed by atoms with E-state index in [1.807, 2.05) is 19.9 Å². The Hall–Kier alpha value is -3.61. The lowest BCUT2D eigenvalue weighted by atomic mass is 9.98. The van der Waals surface area contributed by atoms with Crippen LogP contribution in [0.5, 0.6) is 0 Å². The van der Waals surface area contributed by atoms with E-state index in [-0.39, 0.29) is 28.8 Å². The van der Waals surface area contributed by atoms with Crippen LogP contribution in [-0.4, -0.2) is 56.1 Å². The molecule has 1 saturated carbocycles. The first-order chi connectivity index (χ1) is 20.7. The van der Waals surface area contributed by atoms with E-state index >= 15 is 0 Å². The molecule has 1 saturated heterocycles. The van der Waals surface area contributed by atoms with Crippen LogP contribution in [-0.2, 0) is 14.8 Å². The van der Waals surface area contributed by atoms with E-state index < -0.39 is 22.1 Å². The van der Waals surface area contributed by atoms with Gasteiger partial charge in [-0.25, -0.2) is 17.9 Å². The van der Waals surface area contributed by atoms with Crippen molar-refractivity contribution in [3.05, 3.63) is 65.2 Å². The number of hydrogen-bond donors (Lipinski definition) is 4. The minimum Gasteiger partial charge on any atom is -0.381 e. The van der Waals surface area contributed by atoms with Crippen molar-refractivity contribution < 1.29 is 22.7 Å². The van der Waals surface area contributed by atoms with Crippen molar-refractivity contribution in [2.75, 3.05) is 19.8 Å². The van der Waals surface area contributed by atoms with E-state index in [0.29, 0.717) is 54.0 Å². The number of rotatable bonds is 9. The van der Waals surface area contributed by atoms with Crippen molar-refractivity contribution in [3.63, 3.8) is 0 Å². The molecule has 4 N–H and O–H groups in total. The summed E-state index contributed by atoms with van der Waals surface area (Å²) in [5, 5.41) is 10.5. The Kier molecular flexibility index (Phi) is 8.34. The van der Waals surface area contributed by atoms with E-state index in [9.17, 15) is 18.0 Å². The summed E-state index contributed by atoms with van der Waals surface area (Å²) < 4.78 is 35.7. The monoisotopic (exact) mass is 606 g/mol. The Morgan fingerprint density at radius 2 is 1.79 bits per heavy atom. The van der Waals surface area contributed by atoms with Crippen LogP contribution in [0, 0.1) is 5.92 Å². The van der Waals surface area contributed by atoms with Crippen LogP contribution in [0.25, 0.3) is 10.8 Å². The topological polar surface area (TPSA) is 151 Å². The Morgan fingerprint density at radius 1 is 1.00 bits per heavy atom. The molecule has 2 fully saturated rings. The first-order valence-corrected chi connectivity index (χ1v) is 16.5. The molecule has 1 aromatic carbocycles. The largest absolute Gasteiger partial charge is 0.381 e. The molecule has 1 aliphatic heterocycles. The Balaban J connectivity index is 1.42. The van der Waals surface area contributed by atoms with E-state index in [2.05, 4.69) is 25.7 Å². The van der Waals surface area contributed by atoms with Gasteiger partial charge in [0.1, 0.15) is 0 Å². The molecule has 2 aliphatic carbocycles. The summed E-state index contributed by atoms with van der Waals surface area (Å²) in [4.78, 5) is 35.4. The molecule has 228 valence electrons. The predicted octanol–water partition coefficient (Wildman–Crippen LogP) is 3.84. The molecule has 2 unspecified atom stereocenters. The third kappa shape index (κ3) is 6.51. The summed E-state index contributed by atoms with van der Waals surface area (Å²) in [6.45, 7) is 5.39. The molecular formula is C31H38N6O5S. The Bertz CT molecular complexity index is 1620. The van der Waals surface area contributed by atoms with E-state index in [1.54, 1.807) is 30.6 Å².